The van der Waals surface area contributed by atoms with Crippen LogP contribution in [-0.2, 0) is 11.3 Å². The number of carbonyl (C=O) groups excluding carboxylic acids is 1. The van der Waals surface area contributed by atoms with Gasteiger partial charge in [0.1, 0.15) is 10.2 Å². The van der Waals surface area contributed by atoms with Crippen molar-refractivity contribution >= 4 is 39.4 Å². The number of halogens is 1. The first-order valence-electron chi connectivity index (χ1n) is 4.33. The summed E-state index contributed by atoms with van der Waals surface area (Å²) in [5.41, 5.74) is 3.02. The highest BCUT2D eigenvalue weighted by Crippen LogP contribution is 2.19. The van der Waals surface area contributed by atoms with Crippen LogP contribution in [0.15, 0.2) is 24.3 Å². The first kappa shape index (κ1) is 10.4. The van der Waals surface area contributed by atoms with E-state index in [4.69, 9.17) is 5.84 Å². The monoisotopic (exact) mass is 316 g/mol. The molecule has 2 aromatic rings. The molecule has 0 spiro atoms. The molecule has 0 aliphatic heterocycles. The fourth-order valence-electron chi connectivity index (χ4n) is 1.39. The van der Waals surface area contributed by atoms with Crippen molar-refractivity contribution in [1.29, 1.82) is 0 Å². The van der Waals surface area contributed by atoms with Crippen LogP contribution in [0.2, 0.25) is 0 Å². The van der Waals surface area contributed by atoms with Crippen molar-refractivity contribution in [2.45, 2.75) is 6.54 Å². The van der Waals surface area contributed by atoms with Gasteiger partial charge < -0.3 is 0 Å². The van der Waals surface area contributed by atoms with Gasteiger partial charge in [-0.25, -0.2) is 5.84 Å². The average Bonchev–Trinajstić information content (AvgIpc) is 2.57. The van der Waals surface area contributed by atoms with Crippen LogP contribution in [0.4, 0.5) is 0 Å². The third-order valence-electron chi connectivity index (χ3n) is 2.07. The van der Waals surface area contributed by atoms with E-state index in [-0.39, 0.29) is 12.5 Å². The normalized spacial score (nSPS) is 10.5. The van der Waals surface area contributed by atoms with Gasteiger partial charge in [0.05, 0.1) is 5.52 Å². The van der Waals surface area contributed by atoms with Crippen LogP contribution in [0.3, 0.4) is 0 Å². The Labute approximate surface area is 99.7 Å². The molecule has 0 atom stereocenters. The number of fused-ring (bicyclic) bond motifs is 1. The lowest BCUT2D eigenvalue weighted by atomic mass is 10.2. The SMILES string of the molecule is NNC(=O)Cn1nc(I)c2ccccc21. The molecule has 6 heteroatoms. The number of aromatic nitrogens is 2. The van der Waals surface area contributed by atoms with E-state index in [2.05, 4.69) is 33.1 Å². The van der Waals surface area contributed by atoms with E-state index >= 15 is 0 Å². The maximum atomic E-state index is 11.1. The summed E-state index contributed by atoms with van der Waals surface area (Å²) >= 11 is 2.14. The third-order valence-corrected chi connectivity index (χ3v) is 2.86. The number of rotatable bonds is 2. The molecule has 0 fully saturated rings. The number of benzene rings is 1. The molecule has 2 rings (SSSR count). The first-order valence-corrected chi connectivity index (χ1v) is 5.40. The van der Waals surface area contributed by atoms with Crippen LogP contribution in [0.25, 0.3) is 10.9 Å². The lowest BCUT2D eigenvalue weighted by molar-refractivity contribution is -0.121. The number of carbonyl (C=O) groups is 1. The van der Waals surface area contributed by atoms with Crippen molar-refractivity contribution in [3.05, 3.63) is 28.0 Å². The number of amides is 1. The zero-order valence-electron chi connectivity index (χ0n) is 7.77. The molecule has 5 nitrogen and oxygen atoms in total. The molecule has 1 aromatic carbocycles. The molecule has 0 aliphatic rings. The summed E-state index contributed by atoms with van der Waals surface area (Å²) < 4.78 is 2.52. The van der Waals surface area contributed by atoms with Crippen LogP contribution in [-0.4, -0.2) is 15.7 Å². The van der Waals surface area contributed by atoms with Crippen molar-refractivity contribution in [2.24, 2.45) is 5.84 Å². The van der Waals surface area contributed by atoms with E-state index in [1.54, 1.807) is 4.68 Å². The summed E-state index contributed by atoms with van der Waals surface area (Å²) in [6.07, 6.45) is 0. The van der Waals surface area contributed by atoms with Gasteiger partial charge in [-0.05, 0) is 28.7 Å². The second-order valence-electron chi connectivity index (χ2n) is 3.03. The fourth-order valence-corrected chi connectivity index (χ4v) is 2.11. The predicted molar refractivity (Wildman–Crippen MR) is 64.8 cm³/mol. The van der Waals surface area contributed by atoms with Crippen molar-refractivity contribution in [3.8, 4) is 0 Å². The zero-order valence-corrected chi connectivity index (χ0v) is 9.93. The Balaban J connectivity index is 2.48. The number of hydrazine groups is 1. The molecule has 0 saturated carbocycles. The lowest BCUT2D eigenvalue weighted by Gasteiger charge is -2.01. The highest BCUT2D eigenvalue weighted by atomic mass is 127. The van der Waals surface area contributed by atoms with Crippen molar-refractivity contribution in [3.63, 3.8) is 0 Å². The Morgan fingerprint density at radius 1 is 1.53 bits per heavy atom. The molecule has 78 valence electrons. The molecule has 1 aromatic heterocycles. The molecule has 0 bridgehead atoms. The van der Waals surface area contributed by atoms with Gasteiger partial charge in [0.15, 0.2) is 0 Å². The van der Waals surface area contributed by atoms with Crippen LogP contribution < -0.4 is 11.3 Å². The Morgan fingerprint density at radius 2 is 2.27 bits per heavy atom. The largest absolute Gasteiger partial charge is 0.293 e. The average molecular weight is 316 g/mol. The van der Waals surface area contributed by atoms with Gasteiger partial charge in [0.25, 0.3) is 5.91 Å². The van der Waals surface area contributed by atoms with E-state index in [1.165, 1.54) is 0 Å². The molecular formula is C9H9IN4O. The minimum absolute atomic E-state index is 0.139. The first-order chi connectivity index (χ1) is 7.22. The maximum Gasteiger partial charge on any atom is 0.255 e. The van der Waals surface area contributed by atoms with Crippen molar-refractivity contribution in [2.75, 3.05) is 0 Å². The summed E-state index contributed by atoms with van der Waals surface area (Å²) in [6, 6.07) is 7.76. The zero-order chi connectivity index (χ0) is 10.8. The van der Waals surface area contributed by atoms with Crippen molar-refractivity contribution in [1.82, 2.24) is 15.2 Å². The number of hydrogen-bond acceptors (Lipinski definition) is 3. The van der Waals surface area contributed by atoms with Gasteiger partial charge in [0, 0.05) is 5.39 Å². The third kappa shape index (κ3) is 1.95. The topological polar surface area (TPSA) is 72.9 Å². The second kappa shape index (κ2) is 4.15. The second-order valence-corrected chi connectivity index (χ2v) is 4.05. The van der Waals surface area contributed by atoms with Crippen LogP contribution in [0.1, 0.15) is 0 Å². The Morgan fingerprint density at radius 3 is 3.00 bits per heavy atom. The van der Waals surface area contributed by atoms with Crippen LogP contribution in [0, 0.1) is 3.70 Å². The number of nitrogens with two attached hydrogens (primary N) is 1. The number of nitrogens with zero attached hydrogens (tertiary/aromatic N) is 2. The van der Waals surface area contributed by atoms with E-state index < -0.39 is 0 Å². The molecule has 3 N–H and O–H groups in total. The van der Waals surface area contributed by atoms with Crippen molar-refractivity contribution < 1.29 is 4.79 Å². The minimum atomic E-state index is -0.264. The van der Waals surface area contributed by atoms with Crippen LogP contribution in [0.5, 0.6) is 0 Å². The molecule has 0 radical (unpaired) electrons. The molecule has 1 heterocycles. The number of nitrogens with one attached hydrogen (secondary N) is 1. The van der Waals surface area contributed by atoms with Gasteiger partial charge in [-0.15, -0.1) is 0 Å². The van der Waals surface area contributed by atoms with Gasteiger partial charge in [0.2, 0.25) is 0 Å². The Hall–Kier alpha value is -1.15. The number of para-hydroxylation sites is 1. The summed E-state index contributed by atoms with van der Waals surface area (Å²) in [4.78, 5) is 11.1. The summed E-state index contributed by atoms with van der Waals surface area (Å²) in [6.45, 7) is 0.139. The fraction of sp³-hybridized carbons (Fsp3) is 0.111. The molecule has 0 unspecified atom stereocenters. The highest BCUT2D eigenvalue weighted by Gasteiger charge is 2.09. The Kier molecular flexibility index (Phi) is 2.87. The maximum absolute atomic E-state index is 11.1. The number of hydrogen-bond donors (Lipinski definition) is 2. The van der Waals surface area contributed by atoms with Gasteiger partial charge in [-0.1, -0.05) is 18.2 Å². The minimum Gasteiger partial charge on any atom is -0.293 e. The summed E-state index contributed by atoms with van der Waals surface area (Å²) in [5, 5.41) is 5.31. The summed E-state index contributed by atoms with van der Waals surface area (Å²) in [5.74, 6) is 4.76. The van der Waals surface area contributed by atoms with E-state index in [9.17, 15) is 4.79 Å². The van der Waals surface area contributed by atoms with E-state index in [1.807, 2.05) is 24.3 Å². The smallest absolute Gasteiger partial charge is 0.255 e. The molecule has 0 aliphatic carbocycles. The van der Waals surface area contributed by atoms with Gasteiger partial charge in [-0.3, -0.25) is 14.9 Å². The Bertz CT molecular complexity index is 508. The lowest BCUT2D eigenvalue weighted by Crippen LogP contribution is -2.33. The van der Waals surface area contributed by atoms with Crippen LogP contribution >= 0.6 is 22.6 Å². The highest BCUT2D eigenvalue weighted by molar-refractivity contribution is 14.1. The summed E-state index contributed by atoms with van der Waals surface area (Å²) in [7, 11) is 0. The standard InChI is InChI=1S/C9H9IN4O/c10-9-6-3-1-2-4-7(6)14(13-9)5-8(15)12-11/h1-4H,5,11H2,(H,12,15). The quantitative estimate of drug-likeness (QED) is 0.369. The van der Waals surface area contributed by atoms with E-state index in [0.717, 1.165) is 14.6 Å². The van der Waals surface area contributed by atoms with Gasteiger partial charge >= 0.3 is 0 Å². The predicted octanol–water partition coefficient (Wildman–Crippen LogP) is 0.631. The molecule has 1 amide bonds. The molecule has 15 heavy (non-hydrogen) atoms. The molecule has 0 saturated heterocycles. The molecular weight excluding hydrogens is 307 g/mol. The van der Waals surface area contributed by atoms with Gasteiger partial charge in [-0.2, -0.15) is 5.10 Å². The van der Waals surface area contributed by atoms with E-state index in [0.29, 0.717) is 0 Å².